The van der Waals surface area contributed by atoms with Crippen LogP contribution in [0.15, 0.2) is 11.0 Å². The summed E-state index contributed by atoms with van der Waals surface area (Å²) in [5, 5.41) is 0. The van der Waals surface area contributed by atoms with Crippen molar-refractivity contribution in [1.82, 2.24) is 0 Å². The first kappa shape index (κ1) is 13.1. The van der Waals surface area contributed by atoms with Crippen molar-refractivity contribution in [2.75, 3.05) is 0 Å². The summed E-state index contributed by atoms with van der Waals surface area (Å²) in [6, 6.07) is 0. The van der Waals surface area contributed by atoms with E-state index in [0.717, 1.165) is 10.8 Å². The maximum atomic E-state index is 4.35. The van der Waals surface area contributed by atoms with Crippen LogP contribution in [0.3, 0.4) is 0 Å². The minimum atomic E-state index is 0.357. The lowest BCUT2D eigenvalue weighted by atomic mass is 9.81. The summed E-state index contributed by atoms with van der Waals surface area (Å²) in [5.74, 6) is 0.805. The third kappa shape index (κ3) is 6.20. The average Bonchev–Trinajstić information content (AvgIpc) is 2.00. The second kappa shape index (κ2) is 5.74. The van der Waals surface area contributed by atoms with Gasteiger partial charge >= 0.3 is 0 Å². The molecule has 0 saturated carbocycles. The van der Waals surface area contributed by atoms with Gasteiger partial charge in [-0.2, -0.15) is 0 Å². The van der Waals surface area contributed by atoms with E-state index < -0.39 is 0 Å². The van der Waals surface area contributed by atoms with Crippen LogP contribution in [0.25, 0.3) is 0 Å². The van der Waals surface area contributed by atoms with Gasteiger partial charge in [0.05, 0.1) is 0 Å². The molecule has 0 N–H and O–H groups in total. The Morgan fingerprint density at radius 3 is 2.31 bits per heavy atom. The van der Waals surface area contributed by atoms with Gasteiger partial charge in [0.25, 0.3) is 0 Å². The lowest BCUT2D eigenvalue weighted by Gasteiger charge is -2.25. The van der Waals surface area contributed by atoms with Crippen molar-refractivity contribution in [1.29, 1.82) is 0 Å². The van der Waals surface area contributed by atoms with Crippen LogP contribution in [0.2, 0.25) is 0 Å². The first-order valence-electron chi connectivity index (χ1n) is 5.28. The fourth-order valence-corrected chi connectivity index (χ4v) is 1.79. The van der Waals surface area contributed by atoms with Crippen LogP contribution in [0.5, 0.6) is 0 Å². The van der Waals surface area contributed by atoms with E-state index in [1.165, 1.54) is 19.3 Å². The van der Waals surface area contributed by atoms with Crippen LogP contribution in [0.1, 0.15) is 53.9 Å². The van der Waals surface area contributed by atoms with Crippen molar-refractivity contribution in [3.63, 3.8) is 0 Å². The van der Waals surface area contributed by atoms with E-state index in [2.05, 4.69) is 53.3 Å². The van der Waals surface area contributed by atoms with Crippen LogP contribution in [-0.2, 0) is 0 Å². The minimum Gasteiger partial charge on any atom is -0.148 e. The molecule has 0 saturated heterocycles. The van der Waals surface area contributed by atoms with E-state index in [-0.39, 0.29) is 0 Å². The molecule has 0 aliphatic carbocycles. The largest absolute Gasteiger partial charge is 0.148 e. The number of hydrogen-bond acceptors (Lipinski definition) is 1. The van der Waals surface area contributed by atoms with Crippen molar-refractivity contribution in [3.8, 4) is 0 Å². The molecule has 0 fully saturated rings. The molecule has 0 radical (unpaired) electrons. The SMILES string of the molecule is CCC(C)(/C=C(/C)S)CCC(C)C. The van der Waals surface area contributed by atoms with E-state index in [4.69, 9.17) is 0 Å². The quantitative estimate of drug-likeness (QED) is 0.612. The Bertz CT molecular complexity index is 166. The molecular weight excluding hydrogens is 176 g/mol. The molecule has 0 aromatic carbocycles. The molecular formula is C12H24S. The molecule has 0 aliphatic heterocycles. The van der Waals surface area contributed by atoms with E-state index in [9.17, 15) is 0 Å². The third-order valence-corrected chi connectivity index (χ3v) is 2.79. The molecule has 0 heterocycles. The van der Waals surface area contributed by atoms with Gasteiger partial charge in [0.2, 0.25) is 0 Å². The van der Waals surface area contributed by atoms with E-state index in [0.29, 0.717) is 5.41 Å². The standard InChI is InChI=1S/C12H24S/c1-6-12(5,9-11(4)13)8-7-10(2)3/h9-10,13H,6-8H2,1-5H3/b11-9-. The molecule has 1 heteroatoms. The van der Waals surface area contributed by atoms with Gasteiger partial charge in [-0.3, -0.25) is 0 Å². The van der Waals surface area contributed by atoms with E-state index in [1.807, 2.05) is 0 Å². The van der Waals surface area contributed by atoms with Gasteiger partial charge in [0.15, 0.2) is 0 Å². The molecule has 0 aromatic heterocycles. The lowest BCUT2D eigenvalue weighted by Crippen LogP contribution is -2.13. The molecule has 13 heavy (non-hydrogen) atoms. The molecule has 0 spiro atoms. The molecule has 0 nitrogen and oxygen atoms in total. The Hall–Kier alpha value is 0.0900. The molecule has 0 aromatic rings. The maximum absolute atomic E-state index is 4.35. The number of rotatable bonds is 5. The first-order valence-corrected chi connectivity index (χ1v) is 5.73. The summed E-state index contributed by atoms with van der Waals surface area (Å²) in [5.41, 5.74) is 0.357. The van der Waals surface area contributed by atoms with Gasteiger partial charge in [0.1, 0.15) is 0 Å². The second-order valence-corrected chi connectivity index (χ2v) is 5.43. The van der Waals surface area contributed by atoms with Crippen LogP contribution in [-0.4, -0.2) is 0 Å². The van der Waals surface area contributed by atoms with Crippen LogP contribution in [0, 0.1) is 11.3 Å². The van der Waals surface area contributed by atoms with Gasteiger partial charge in [-0.25, -0.2) is 0 Å². The summed E-state index contributed by atoms with van der Waals surface area (Å²) >= 11 is 4.35. The Labute approximate surface area is 89.2 Å². The predicted octanol–water partition coefficient (Wildman–Crippen LogP) is 4.67. The first-order chi connectivity index (χ1) is 5.89. The molecule has 1 atom stereocenters. The van der Waals surface area contributed by atoms with Crippen LogP contribution >= 0.6 is 12.6 Å². The molecule has 0 aliphatic rings. The maximum Gasteiger partial charge on any atom is -0.0138 e. The van der Waals surface area contributed by atoms with Crippen LogP contribution < -0.4 is 0 Å². The van der Waals surface area contributed by atoms with E-state index >= 15 is 0 Å². The minimum absolute atomic E-state index is 0.357. The third-order valence-electron chi connectivity index (χ3n) is 2.66. The Balaban J connectivity index is 4.20. The summed E-state index contributed by atoms with van der Waals surface area (Å²) in [6.45, 7) is 11.2. The van der Waals surface area contributed by atoms with Crippen molar-refractivity contribution in [2.24, 2.45) is 11.3 Å². The Morgan fingerprint density at radius 2 is 2.00 bits per heavy atom. The molecule has 78 valence electrons. The van der Waals surface area contributed by atoms with Gasteiger partial charge in [-0.15, -0.1) is 12.6 Å². The van der Waals surface area contributed by atoms with Crippen molar-refractivity contribution in [3.05, 3.63) is 11.0 Å². The zero-order valence-electron chi connectivity index (χ0n) is 9.72. The number of thiol groups is 1. The zero-order chi connectivity index (χ0) is 10.5. The van der Waals surface area contributed by atoms with Gasteiger partial charge in [-0.05, 0) is 36.0 Å². The zero-order valence-corrected chi connectivity index (χ0v) is 10.6. The summed E-state index contributed by atoms with van der Waals surface area (Å²) < 4.78 is 0. The summed E-state index contributed by atoms with van der Waals surface area (Å²) in [6.07, 6.45) is 6.09. The van der Waals surface area contributed by atoms with Gasteiger partial charge in [0, 0.05) is 0 Å². The number of hydrogen-bond donors (Lipinski definition) is 1. The van der Waals surface area contributed by atoms with Crippen LogP contribution in [0.4, 0.5) is 0 Å². The van der Waals surface area contributed by atoms with Gasteiger partial charge < -0.3 is 0 Å². The van der Waals surface area contributed by atoms with Crippen molar-refractivity contribution in [2.45, 2.75) is 53.9 Å². The van der Waals surface area contributed by atoms with Crippen molar-refractivity contribution >= 4 is 12.6 Å². The molecule has 1 unspecified atom stereocenters. The second-order valence-electron chi connectivity index (χ2n) is 4.73. The highest BCUT2D eigenvalue weighted by Gasteiger charge is 2.18. The topological polar surface area (TPSA) is 0 Å². The fraction of sp³-hybridized carbons (Fsp3) is 0.833. The van der Waals surface area contributed by atoms with Crippen molar-refractivity contribution < 1.29 is 0 Å². The average molecular weight is 200 g/mol. The Kier molecular flexibility index (Phi) is 5.78. The molecule has 0 bridgehead atoms. The fourth-order valence-electron chi connectivity index (χ4n) is 1.47. The summed E-state index contributed by atoms with van der Waals surface area (Å²) in [4.78, 5) is 1.15. The molecule has 0 amide bonds. The smallest absolute Gasteiger partial charge is 0.0138 e. The highest BCUT2D eigenvalue weighted by atomic mass is 32.1. The normalized spacial score (nSPS) is 17.6. The Morgan fingerprint density at radius 1 is 1.46 bits per heavy atom. The van der Waals surface area contributed by atoms with Gasteiger partial charge in [-0.1, -0.05) is 40.2 Å². The highest BCUT2D eigenvalue weighted by Crippen LogP contribution is 2.32. The molecule has 0 rings (SSSR count). The van der Waals surface area contributed by atoms with E-state index in [1.54, 1.807) is 0 Å². The predicted molar refractivity (Wildman–Crippen MR) is 65.2 cm³/mol. The monoisotopic (exact) mass is 200 g/mol. The summed E-state index contributed by atoms with van der Waals surface area (Å²) in [7, 11) is 0. The number of allylic oxidation sites excluding steroid dienone is 2. The highest BCUT2D eigenvalue weighted by molar-refractivity contribution is 7.84. The lowest BCUT2D eigenvalue weighted by molar-refractivity contribution is 0.338.